The van der Waals surface area contributed by atoms with Gasteiger partial charge in [0.25, 0.3) is 0 Å². The highest BCUT2D eigenvalue weighted by atomic mass is 19.4. The molecule has 0 saturated carbocycles. The van der Waals surface area contributed by atoms with Gasteiger partial charge in [0, 0.05) is 0 Å². The van der Waals surface area contributed by atoms with Crippen molar-refractivity contribution in [2.24, 2.45) is 0 Å². The van der Waals surface area contributed by atoms with Crippen LogP contribution in [0.3, 0.4) is 0 Å². The summed E-state index contributed by atoms with van der Waals surface area (Å²) in [6.45, 7) is 5.78. The highest BCUT2D eigenvalue weighted by Crippen LogP contribution is 2.42. The van der Waals surface area contributed by atoms with E-state index in [0.717, 1.165) is 22.2 Å². The fraction of sp³-hybridized carbons (Fsp3) is 0.222. The van der Waals surface area contributed by atoms with Crippen molar-refractivity contribution in [3.05, 3.63) is 71.3 Å². The molecule has 1 aliphatic carbocycles. The SMILES string of the molecule is C=Cc1ccc([B]C2(C)Cc3cc(C(F)(F)F)ccc32)cc1. The molecule has 0 amide bonds. The minimum Gasteiger partial charge on any atom is -0.166 e. The topological polar surface area (TPSA) is 0 Å². The van der Waals surface area contributed by atoms with Gasteiger partial charge < -0.3 is 0 Å². The predicted octanol–water partition coefficient (Wildman–Crippen LogP) is 4.15. The molecule has 1 atom stereocenters. The van der Waals surface area contributed by atoms with Crippen LogP contribution in [0.2, 0.25) is 0 Å². The number of fused-ring (bicyclic) bond motifs is 1. The lowest BCUT2D eigenvalue weighted by atomic mass is 9.40. The Balaban J connectivity index is 1.82. The first kappa shape index (κ1) is 15.0. The lowest BCUT2D eigenvalue weighted by Crippen LogP contribution is -2.46. The highest BCUT2D eigenvalue weighted by Gasteiger charge is 2.41. The second-order valence-corrected chi connectivity index (χ2v) is 5.98. The van der Waals surface area contributed by atoms with Crippen LogP contribution in [0.1, 0.15) is 29.2 Å². The quantitative estimate of drug-likeness (QED) is 0.747. The summed E-state index contributed by atoms with van der Waals surface area (Å²) in [6.07, 6.45) is -1.86. The Bertz CT molecular complexity index is 716. The molecule has 0 aliphatic heterocycles. The van der Waals surface area contributed by atoms with E-state index in [1.54, 1.807) is 12.1 Å². The lowest BCUT2D eigenvalue weighted by molar-refractivity contribution is -0.137. The Morgan fingerprint density at radius 1 is 1.14 bits per heavy atom. The zero-order valence-corrected chi connectivity index (χ0v) is 12.2. The van der Waals surface area contributed by atoms with E-state index in [1.807, 2.05) is 24.3 Å². The number of alkyl halides is 3. The third kappa shape index (κ3) is 2.58. The zero-order chi connectivity index (χ0) is 16.0. The maximum Gasteiger partial charge on any atom is 0.416 e. The Morgan fingerprint density at radius 3 is 2.36 bits per heavy atom. The van der Waals surface area contributed by atoms with Crippen LogP contribution in [0.15, 0.2) is 49.0 Å². The molecule has 0 aromatic heterocycles. The average Bonchev–Trinajstić information content (AvgIpc) is 2.46. The number of rotatable bonds is 3. The van der Waals surface area contributed by atoms with E-state index in [0.29, 0.717) is 6.42 Å². The second kappa shape index (κ2) is 5.04. The molecule has 0 nitrogen and oxygen atoms in total. The summed E-state index contributed by atoms with van der Waals surface area (Å²) in [5, 5.41) is -0.199. The summed E-state index contributed by atoms with van der Waals surface area (Å²) in [6, 6.07) is 12.0. The van der Waals surface area contributed by atoms with E-state index in [2.05, 4.69) is 20.8 Å². The van der Waals surface area contributed by atoms with Crippen LogP contribution in [0, 0.1) is 0 Å². The van der Waals surface area contributed by atoms with Crippen molar-refractivity contribution in [3.63, 3.8) is 0 Å². The predicted molar refractivity (Wildman–Crippen MR) is 84.4 cm³/mol. The van der Waals surface area contributed by atoms with Gasteiger partial charge in [-0.05, 0) is 40.6 Å². The Hall–Kier alpha value is -1.97. The Morgan fingerprint density at radius 2 is 1.82 bits per heavy atom. The molecule has 1 radical (unpaired) electrons. The van der Waals surface area contributed by atoms with Gasteiger partial charge in [0.15, 0.2) is 7.28 Å². The summed E-state index contributed by atoms with van der Waals surface area (Å²) in [4.78, 5) is 0. The lowest BCUT2D eigenvalue weighted by Gasteiger charge is -2.41. The third-order valence-corrected chi connectivity index (χ3v) is 4.26. The summed E-state index contributed by atoms with van der Waals surface area (Å²) in [5.41, 5.74) is 3.32. The normalized spacial score (nSPS) is 20.0. The number of benzene rings is 2. The summed E-state index contributed by atoms with van der Waals surface area (Å²) < 4.78 is 38.2. The summed E-state index contributed by atoms with van der Waals surface area (Å²) in [5.74, 6) is 0. The van der Waals surface area contributed by atoms with E-state index >= 15 is 0 Å². The molecule has 3 rings (SSSR count). The van der Waals surface area contributed by atoms with Crippen LogP contribution in [0.25, 0.3) is 6.08 Å². The van der Waals surface area contributed by atoms with Crippen LogP contribution in [-0.2, 0) is 17.9 Å². The highest BCUT2D eigenvalue weighted by molar-refractivity contribution is 6.57. The van der Waals surface area contributed by atoms with Crippen molar-refractivity contribution in [1.82, 2.24) is 0 Å². The minimum atomic E-state index is -4.27. The van der Waals surface area contributed by atoms with Crippen molar-refractivity contribution in [1.29, 1.82) is 0 Å². The fourth-order valence-electron chi connectivity index (χ4n) is 3.08. The molecule has 0 fully saturated rings. The van der Waals surface area contributed by atoms with Crippen molar-refractivity contribution in [2.75, 3.05) is 0 Å². The summed E-state index contributed by atoms with van der Waals surface area (Å²) in [7, 11) is 2.12. The third-order valence-electron chi connectivity index (χ3n) is 4.26. The average molecular weight is 299 g/mol. The summed E-state index contributed by atoms with van der Waals surface area (Å²) >= 11 is 0. The first-order chi connectivity index (χ1) is 10.3. The smallest absolute Gasteiger partial charge is 0.166 e. The first-order valence-electron chi connectivity index (χ1n) is 7.11. The standard InChI is InChI=1S/C18H15BF3/c1-3-12-4-7-15(8-5-12)19-17(2)11-13-10-14(18(20,21)22)6-9-16(13)17/h3-10H,1,11H2,2H3. The van der Waals surface area contributed by atoms with E-state index in [9.17, 15) is 13.2 Å². The van der Waals surface area contributed by atoms with Crippen molar-refractivity contribution in [3.8, 4) is 0 Å². The molecule has 1 unspecified atom stereocenters. The van der Waals surface area contributed by atoms with E-state index in [1.165, 1.54) is 12.1 Å². The molecule has 0 heterocycles. The monoisotopic (exact) mass is 299 g/mol. The molecule has 22 heavy (non-hydrogen) atoms. The minimum absolute atomic E-state index is 0.199. The Kier molecular flexibility index (Phi) is 3.43. The maximum atomic E-state index is 12.7. The van der Waals surface area contributed by atoms with Gasteiger partial charge in [0.05, 0.1) is 5.56 Å². The molecule has 2 aromatic rings. The van der Waals surface area contributed by atoms with Crippen LogP contribution >= 0.6 is 0 Å². The fourth-order valence-corrected chi connectivity index (χ4v) is 3.08. The van der Waals surface area contributed by atoms with Gasteiger partial charge in [-0.25, -0.2) is 0 Å². The Labute approximate surface area is 128 Å². The van der Waals surface area contributed by atoms with Gasteiger partial charge in [-0.3, -0.25) is 0 Å². The molecular weight excluding hydrogens is 284 g/mol. The van der Waals surface area contributed by atoms with Crippen LogP contribution in [0.4, 0.5) is 13.2 Å². The number of hydrogen-bond acceptors (Lipinski definition) is 0. The van der Waals surface area contributed by atoms with Crippen molar-refractivity contribution >= 4 is 18.8 Å². The second-order valence-electron chi connectivity index (χ2n) is 5.98. The van der Waals surface area contributed by atoms with E-state index in [-0.39, 0.29) is 5.31 Å². The van der Waals surface area contributed by atoms with Gasteiger partial charge >= 0.3 is 6.18 Å². The van der Waals surface area contributed by atoms with Crippen LogP contribution < -0.4 is 5.46 Å². The zero-order valence-electron chi connectivity index (χ0n) is 12.2. The maximum absolute atomic E-state index is 12.7. The van der Waals surface area contributed by atoms with E-state index in [4.69, 9.17) is 0 Å². The number of halogens is 3. The largest absolute Gasteiger partial charge is 0.416 e. The molecular formula is C18H15BF3. The van der Waals surface area contributed by atoms with Crippen molar-refractivity contribution < 1.29 is 13.2 Å². The molecule has 0 spiro atoms. The van der Waals surface area contributed by atoms with Crippen LogP contribution in [-0.4, -0.2) is 7.28 Å². The molecule has 2 aromatic carbocycles. The molecule has 4 heteroatoms. The molecule has 111 valence electrons. The first-order valence-corrected chi connectivity index (χ1v) is 7.11. The van der Waals surface area contributed by atoms with Crippen LogP contribution in [0.5, 0.6) is 0 Å². The van der Waals surface area contributed by atoms with E-state index < -0.39 is 11.7 Å². The number of hydrogen-bond donors (Lipinski definition) is 0. The van der Waals surface area contributed by atoms with Crippen molar-refractivity contribution in [2.45, 2.75) is 24.8 Å². The van der Waals surface area contributed by atoms with Gasteiger partial charge in [0.2, 0.25) is 0 Å². The van der Waals surface area contributed by atoms with Gasteiger partial charge in [0.1, 0.15) is 0 Å². The molecule has 1 aliphatic rings. The molecule has 0 saturated heterocycles. The molecule has 0 bridgehead atoms. The van der Waals surface area contributed by atoms with Gasteiger partial charge in [-0.2, -0.15) is 13.2 Å². The molecule has 0 N–H and O–H groups in total. The van der Waals surface area contributed by atoms with Gasteiger partial charge in [-0.15, -0.1) is 0 Å². The van der Waals surface area contributed by atoms with Gasteiger partial charge in [-0.1, -0.05) is 55.4 Å².